The number of ether oxygens (including phenoxy) is 3. The highest BCUT2D eigenvalue weighted by atomic mass is 16.5. The van der Waals surface area contributed by atoms with Crippen LogP contribution in [0.5, 0.6) is 11.5 Å². The Hall–Kier alpha value is -2.89. The van der Waals surface area contributed by atoms with Crippen LogP contribution in [0, 0.1) is 11.3 Å². The molecular formula is C22H24O6. The van der Waals surface area contributed by atoms with Crippen molar-refractivity contribution in [3.63, 3.8) is 0 Å². The van der Waals surface area contributed by atoms with Crippen LogP contribution in [0.4, 0.5) is 0 Å². The third-order valence-electron chi connectivity index (χ3n) is 5.79. The molecule has 2 atom stereocenters. The predicted octanol–water partition coefficient (Wildman–Crippen LogP) is 3.59. The Labute approximate surface area is 163 Å². The van der Waals surface area contributed by atoms with Gasteiger partial charge in [0.15, 0.2) is 5.78 Å². The molecule has 2 aromatic carbocycles. The largest absolute Gasteiger partial charge is 0.497 e. The van der Waals surface area contributed by atoms with Gasteiger partial charge in [0.25, 0.3) is 0 Å². The summed E-state index contributed by atoms with van der Waals surface area (Å²) in [5.74, 6) is 0.00993. The lowest BCUT2D eigenvalue weighted by Crippen LogP contribution is -2.36. The maximum atomic E-state index is 13.5. The molecule has 0 aromatic heterocycles. The molecule has 6 nitrogen and oxygen atoms in total. The number of methoxy groups -OCH3 is 3. The molecular weight excluding hydrogens is 360 g/mol. The van der Waals surface area contributed by atoms with E-state index in [4.69, 9.17) is 14.2 Å². The molecule has 1 fully saturated rings. The van der Waals surface area contributed by atoms with Crippen LogP contribution in [0.1, 0.15) is 36.5 Å². The van der Waals surface area contributed by atoms with Gasteiger partial charge in [-0.05, 0) is 42.1 Å². The van der Waals surface area contributed by atoms with Gasteiger partial charge in [-0.3, -0.25) is 14.4 Å². The number of fused-ring (bicyclic) bond motifs is 1. The first-order valence-corrected chi connectivity index (χ1v) is 9.14. The lowest BCUT2D eigenvalue weighted by molar-refractivity contribution is -0.146. The first-order chi connectivity index (χ1) is 13.3. The van der Waals surface area contributed by atoms with Gasteiger partial charge in [-0.2, -0.15) is 0 Å². The van der Waals surface area contributed by atoms with Gasteiger partial charge in [0.2, 0.25) is 0 Å². The smallest absolute Gasteiger partial charge is 0.306 e. The summed E-state index contributed by atoms with van der Waals surface area (Å²) >= 11 is 0. The minimum atomic E-state index is -1.05. The van der Waals surface area contributed by atoms with E-state index >= 15 is 0 Å². The Morgan fingerprint density at radius 2 is 1.82 bits per heavy atom. The minimum Gasteiger partial charge on any atom is -0.497 e. The second-order valence-electron chi connectivity index (χ2n) is 7.28. The maximum absolute atomic E-state index is 13.5. The van der Waals surface area contributed by atoms with E-state index < -0.39 is 17.3 Å². The van der Waals surface area contributed by atoms with Gasteiger partial charge in [-0.15, -0.1) is 0 Å². The van der Waals surface area contributed by atoms with Gasteiger partial charge < -0.3 is 14.2 Å². The van der Waals surface area contributed by atoms with Crippen LogP contribution in [0.15, 0.2) is 30.3 Å². The van der Waals surface area contributed by atoms with Gasteiger partial charge in [-0.1, -0.05) is 6.92 Å². The third kappa shape index (κ3) is 3.23. The molecule has 2 aromatic rings. The molecule has 1 saturated carbocycles. The lowest BCUT2D eigenvalue weighted by Gasteiger charge is -2.28. The molecule has 1 aliphatic rings. The van der Waals surface area contributed by atoms with E-state index in [-0.39, 0.29) is 24.4 Å². The van der Waals surface area contributed by atoms with Crippen LogP contribution in [0.25, 0.3) is 10.8 Å². The van der Waals surface area contributed by atoms with E-state index in [1.165, 1.54) is 7.11 Å². The predicted molar refractivity (Wildman–Crippen MR) is 104 cm³/mol. The van der Waals surface area contributed by atoms with Crippen molar-refractivity contribution in [3.8, 4) is 11.5 Å². The highest BCUT2D eigenvalue weighted by Gasteiger charge is 2.51. The summed E-state index contributed by atoms with van der Waals surface area (Å²) in [6.45, 7) is 1.69. The summed E-state index contributed by atoms with van der Waals surface area (Å²) < 4.78 is 15.5. The Morgan fingerprint density at radius 1 is 1.07 bits per heavy atom. The van der Waals surface area contributed by atoms with Gasteiger partial charge in [-0.25, -0.2) is 0 Å². The summed E-state index contributed by atoms with van der Waals surface area (Å²) in [7, 11) is 4.43. The Morgan fingerprint density at radius 3 is 2.46 bits per heavy atom. The lowest BCUT2D eigenvalue weighted by atomic mass is 9.72. The van der Waals surface area contributed by atoms with E-state index in [0.717, 1.165) is 10.8 Å². The first kappa shape index (κ1) is 19.9. The molecule has 3 rings (SSSR count). The Balaban J connectivity index is 2.08. The SMILES string of the molecule is COC(=O)CC1(C)C(=O)CCC1C(=O)c1ccc(OC)c2cc(OC)ccc12. The van der Waals surface area contributed by atoms with Crippen molar-refractivity contribution in [2.45, 2.75) is 26.2 Å². The van der Waals surface area contributed by atoms with Crippen molar-refractivity contribution in [3.05, 3.63) is 35.9 Å². The Bertz CT molecular complexity index is 947. The zero-order valence-corrected chi connectivity index (χ0v) is 16.5. The van der Waals surface area contributed by atoms with Crippen LogP contribution in [-0.2, 0) is 14.3 Å². The number of rotatable bonds is 6. The van der Waals surface area contributed by atoms with Gasteiger partial charge >= 0.3 is 5.97 Å². The zero-order chi connectivity index (χ0) is 20.5. The fraction of sp³-hybridized carbons (Fsp3) is 0.409. The number of esters is 1. The van der Waals surface area contributed by atoms with Crippen LogP contribution >= 0.6 is 0 Å². The second-order valence-corrected chi connectivity index (χ2v) is 7.28. The van der Waals surface area contributed by atoms with Crippen LogP contribution in [0.3, 0.4) is 0 Å². The summed E-state index contributed by atoms with van der Waals surface area (Å²) in [6, 6.07) is 8.88. The molecule has 0 N–H and O–H groups in total. The number of Topliss-reactive ketones (excluding diaryl/α,β-unsaturated/α-hetero) is 2. The molecule has 0 aliphatic heterocycles. The molecule has 6 heteroatoms. The summed E-state index contributed by atoms with van der Waals surface area (Å²) in [4.78, 5) is 37.9. The number of hydrogen-bond acceptors (Lipinski definition) is 6. The normalized spacial score (nSPS) is 21.6. The highest BCUT2D eigenvalue weighted by Crippen LogP contribution is 2.46. The first-order valence-electron chi connectivity index (χ1n) is 9.14. The molecule has 1 aliphatic carbocycles. The zero-order valence-electron chi connectivity index (χ0n) is 16.5. The van der Waals surface area contributed by atoms with Crippen molar-refractivity contribution < 1.29 is 28.6 Å². The molecule has 0 radical (unpaired) electrons. The minimum absolute atomic E-state index is 0.0734. The quantitative estimate of drug-likeness (QED) is 0.559. The van der Waals surface area contributed by atoms with Crippen molar-refractivity contribution in [1.82, 2.24) is 0 Å². The standard InChI is InChI=1S/C22H24O6/c1-22(12-20(24)28-4)17(8-10-19(22)23)21(25)15-7-9-18(27-3)16-11-13(26-2)5-6-14(15)16/h5-7,9,11,17H,8,10,12H2,1-4H3. The average Bonchev–Trinajstić information content (AvgIpc) is 3.00. The molecule has 28 heavy (non-hydrogen) atoms. The van der Waals surface area contributed by atoms with Gasteiger partial charge in [0.05, 0.1) is 27.8 Å². The molecule has 0 amide bonds. The number of ketones is 2. The highest BCUT2D eigenvalue weighted by molar-refractivity contribution is 6.13. The second kappa shape index (κ2) is 7.62. The van der Waals surface area contributed by atoms with Crippen LogP contribution in [0.2, 0.25) is 0 Å². The monoisotopic (exact) mass is 384 g/mol. The third-order valence-corrected chi connectivity index (χ3v) is 5.79. The van der Waals surface area contributed by atoms with E-state index in [9.17, 15) is 14.4 Å². The number of carbonyl (C=O) groups is 3. The van der Waals surface area contributed by atoms with E-state index in [1.54, 1.807) is 39.3 Å². The number of carbonyl (C=O) groups excluding carboxylic acids is 3. The van der Waals surface area contributed by atoms with Crippen LogP contribution in [-0.4, -0.2) is 38.9 Å². The molecule has 0 bridgehead atoms. The molecule has 2 unspecified atom stereocenters. The van der Waals surface area contributed by atoms with Crippen molar-refractivity contribution in [1.29, 1.82) is 0 Å². The maximum Gasteiger partial charge on any atom is 0.306 e. The Kier molecular flexibility index (Phi) is 5.40. The van der Waals surface area contributed by atoms with Crippen molar-refractivity contribution >= 4 is 28.3 Å². The molecule has 148 valence electrons. The van der Waals surface area contributed by atoms with Crippen LogP contribution < -0.4 is 9.47 Å². The van der Waals surface area contributed by atoms with Crippen molar-refractivity contribution in [2.75, 3.05) is 21.3 Å². The number of benzene rings is 2. The van der Waals surface area contributed by atoms with Crippen molar-refractivity contribution in [2.24, 2.45) is 11.3 Å². The summed E-state index contributed by atoms with van der Waals surface area (Å²) in [5, 5.41) is 1.48. The molecule has 0 spiro atoms. The van der Waals surface area contributed by atoms with Gasteiger partial charge in [0, 0.05) is 28.7 Å². The average molecular weight is 384 g/mol. The van der Waals surface area contributed by atoms with E-state index in [0.29, 0.717) is 23.5 Å². The van der Waals surface area contributed by atoms with E-state index in [1.807, 2.05) is 12.1 Å². The van der Waals surface area contributed by atoms with Gasteiger partial charge in [0.1, 0.15) is 17.3 Å². The topological polar surface area (TPSA) is 78.9 Å². The molecule has 0 heterocycles. The summed E-state index contributed by atoms with van der Waals surface area (Å²) in [5.41, 5.74) is -0.544. The molecule has 0 saturated heterocycles. The fourth-order valence-corrected chi connectivity index (χ4v) is 4.10. The fourth-order valence-electron chi connectivity index (χ4n) is 4.10. The number of hydrogen-bond donors (Lipinski definition) is 0. The summed E-state index contributed by atoms with van der Waals surface area (Å²) in [6.07, 6.45) is 0.612. The van der Waals surface area contributed by atoms with E-state index in [2.05, 4.69) is 0 Å².